The highest BCUT2D eigenvalue weighted by atomic mass is 127. The maximum atomic E-state index is 12.5. The predicted octanol–water partition coefficient (Wildman–Crippen LogP) is 1.09. The highest BCUT2D eigenvalue weighted by molar-refractivity contribution is 14.0. The number of likely N-dealkylation sites (tertiary alicyclic amines) is 1. The molecule has 8 heteroatoms. The van der Waals surface area contributed by atoms with Gasteiger partial charge in [0.2, 0.25) is 11.8 Å². The third-order valence-corrected chi connectivity index (χ3v) is 5.43. The van der Waals surface area contributed by atoms with Gasteiger partial charge >= 0.3 is 0 Å². The van der Waals surface area contributed by atoms with Crippen molar-refractivity contribution in [1.82, 2.24) is 20.9 Å². The summed E-state index contributed by atoms with van der Waals surface area (Å²) < 4.78 is 0. The summed E-state index contributed by atoms with van der Waals surface area (Å²) in [6.07, 6.45) is 7.52. The van der Waals surface area contributed by atoms with Crippen molar-refractivity contribution < 1.29 is 9.59 Å². The lowest BCUT2D eigenvalue weighted by Crippen LogP contribution is -2.47. The second-order valence-corrected chi connectivity index (χ2v) is 7.46. The van der Waals surface area contributed by atoms with E-state index < -0.39 is 0 Å². The first-order chi connectivity index (χ1) is 12.2. The van der Waals surface area contributed by atoms with Crippen LogP contribution in [0.25, 0.3) is 0 Å². The molecule has 3 fully saturated rings. The van der Waals surface area contributed by atoms with E-state index in [1.54, 1.807) is 7.05 Å². The first-order valence-corrected chi connectivity index (χ1v) is 9.71. The number of nitrogens with one attached hydrogen (secondary N) is 3. The molecule has 1 aliphatic heterocycles. The van der Waals surface area contributed by atoms with E-state index in [4.69, 9.17) is 0 Å². The van der Waals surface area contributed by atoms with Crippen LogP contribution < -0.4 is 16.0 Å². The summed E-state index contributed by atoms with van der Waals surface area (Å²) in [5.41, 5.74) is 0. The fraction of sp³-hybridized carbons (Fsp3) is 0.833. The lowest BCUT2D eigenvalue weighted by molar-refractivity contribution is -0.134. The number of nitrogens with zero attached hydrogens (tertiary/aromatic N) is 2. The Labute approximate surface area is 173 Å². The van der Waals surface area contributed by atoms with E-state index in [9.17, 15) is 9.59 Å². The van der Waals surface area contributed by atoms with Crippen molar-refractivity contribution in [3.8, 4) is 0 Å². The summed E-state index contributed by atoms with van der Waals surface area (Å²) in [5.74, 6) is 1.75. The van der Waals surface area contributed by atoms with Crippen LogP contribution >= 0.6 is 24.0 Å². The lowest BCUT2D eigenvalue weighted by Gasteiger charge is -2.21. The van der Waals surface area contributed by atoms with Crippen molar-refractivity contribution in [2.24, 2.45) is 16.8 Å². The van der Waals surface area contributed by atoms with E-state index in [-0.39, 0.29) is 47.8 Å². The SMILES string of the molecule is CN=C(NCCNC(=O)C1CC1)NC1CCN(C(=O)C2CCCC2)C1.I. The Kier molecular flexibility index (Phi) is 8.43. The average molecular weight is 477 g/mol. The molecule has 0 radical (unpaired) electrons. The van der Waals surface area contributed by atoms with Gasteiger partial charge < -0.3 is 20.9 Å². The van der Waals surface area contributed by atoms with Gasteiger partial charge in [0.05, 0.1) is 0 Å². The zero-order valence-corrected chi connectivity index (χ0v) is 18.0. The third-order valence-electron chi connectivity index (χ3n) is 5.43. The standard InChI is InChI=1S/C18H31N5O2.HI/c1-19-18(21-10-9-20-16(24)13-6-7-13)22-15-8-11-23(12-15)17(25)14-4-2-3-5-14;/h13-15H,2-12H2,1H3,(H,20,24)(H2,19,21,22);1H. The van der Waals surface area contributed by atoms with Crippen LogP contribution in [0.2, 0.25) is 0 Å². The van der Waals surface area contributed by atoms with Crippen molar-refractivity contribution in [2.75, 3.05) is 33.2 Å². The molecule has 2 aliphatic carbocycles. The molecule has 1 atom stereocenters. The lowest BCUT2D eigenvalue weighted by atomic mass is 10.1. The van der Waals surface area contributed by atoms with E-state index in [0.29, 0.717) is 19.0 Å². The van der Waals surface area contributed by atoms with E-state index in [2.05, 4.69) is 20.9 Å². The smallest absolute Gasteiger partial charge is 0.225 e. The van der Waals surface area contributed by atoms with Gasteiger partial charge in [0.25, 0.3) is 0 Å². The zero-order valence-electron chi connectivity index (χ0n) is 15.6. The highest BCUT2D eigenvalue weighted by Gasteiger charge is 2.32. The largest absolute Gasteiger partial charge is 0.355 e. The molecular formula is C18H32IN5O2. The van der Waals surface area contributed by atoms with Crippen molar-refractivity contribution in [1.29, 1.82) is 0 Å². The van der Waals surface area contributed by atoms with E-state index in [1.807, 2.05) is 4.90 Å². The number of carbonyl (C=O) groups is 2. The topological polar surface area (TPSA) is 85.8 Å². The Hall–Kier alpha value is -1.06. The summed E-state index contributed by atoms with van der Waals surface area (Å²) >= 11 is 0. The number of aliphatic imine (C=N–C) groups is 1. The highest BCUT2D eigenvalue weighted by Crippen LogP contribution is 2.28. The van der Waals surface area contributed by atoms with Gasteiger partial charge in [-0.25, -0.2) is 0 Å². The second kappa shape index (κ2) is 10.3. The van der Waals surface area contributed by atoms with Gasteiger partial charge in [0.1, 0.15) is 0 Å². The molecule has 148 valence electrons. The minimum absolute atomic E-state index is 0. The molecule has 2 amide bonds. The summed E-state index contributed by atoms with van der Waals surface area (Å²) in [7, 11) is 1.74. The Morgan fingerprint density at radius 1 is 1.00 bits per heavy atom. The average Bonchev–Trinajstić information content (AvgIpc) is 3.14. The van der Waals surface area contributed by atoms with Crippen LogP contribution in [0.4, 0.5) is 0 Å². The first kappa shape index (κ1) is 21.2. The van der Waals surface area contributed by atoms with Crippen LogP contribution in [-0.4, -0.2) is 61.9 Å². The van der Waals surface area contributed by atoms with Gasteiger partial charge in [-0.3, -0.25) is 14.6 Å². The van der Waals surface area contributed by atoms with Gasteiger partial charge in [0.15, 0.2) is 5.96 Å². The maximum absolute atomic E-state index is 12.5. The summed E-state index contributed by atoms with van der Waals surface area (Å²) in [4.78, 5) is 30.3. The van der Waals surface area contributed by atoms with E-state index >= 15 is 0 Å². The summed E-state index contributed by atoms with van der Waals surface area (Å²) in [5, 5.41) is 9.56. The molecule has 3 rings (SSSR count). The van der Waals surface area contributed by atoms with Gasteiger partial charge in [-0.15, -0.1) is 24.0 Å². The minimum Gasteiger partial charge on any atom is -0.355 e. The van der Waals surface area contributed by atoms with Crippen LogP contribution in [0, 0.1) is 11.8 Å². The Morgan fingerprint density at radius 3 is 2.35 bits per heavy atom. The molecule has 26 heavy (non-hydrogen) atoms. The number of carbonyl (C=O) groups excluding carboxylic acids is 2. The quantitative estimate of drug-likeness (QED) is 0.232. The van der Waals surface area contributed by atoms with Crippen molar-refractivity contribution >= 4 is 41.8 Å². The Morgan fingerprint density at radius 2 is 1.69 bits per heavy atom. The van der Waals surface area contributed by atoms with Crippen LogP contribution in [-0.2, 0) is 9.59 Å². The zero-order chi connectivity index (χ0) is 17.6. The molecule has 3 N–H and O–H groups in total. The number of hydrogen-bond donors (Lipinski definition) is 3. The minimum atomic E-state index is 0. The number of halogens is 1. The van der Waals surface area contributed by atoms with Gasteiger partial charge in [0, 0.05) is 51.1 Å². The van der Waals surface area contributed by atoms with E-state index in [0.717, 1.165) is 51.2 Å². The molecule has 0 aromatic rings. The maximum Gasteiger partial charge on any atom is 0.225 e. The number of rotatable bonds is 6. The summed E-state index contributed by atoms with van der Waals surface area (Å²) in [6.45, 7) is 2.85. The molecule has 2 saturated carbocycles. The fourth-order valence-corrected chi connectivity index (χ4v) is 3.75. The molecule has 0 aromatic carbocycles. The molecular weight excluding hydrogens is 445 g/mol. The number of hydrogen-bond acceptors (Lipinski definition) is 3. The van der Waals surface area contributed by atoms with Crippen molar-refractivity contribution in [3.05, 3.63) is 0 Å². The molecule has 1 heterocycles. The number of guanidine groups is 1. The van der Waals surface area contributed by atoms with Gasteiger partial charge in [-0.1, -0.05) is 12.8 Å². The molecule has 0 bridgehead atoms. The van der Waals surface area contributed by atoms with Crippen molar-refractivity contribution in [3.63, 3.8) is 0 Å². The molecule has 3 aliphatic rings. The molecule has 7 nitrogen and oxygen atoms in total. The molecule has 1 saturated heterocycles. The van der Waals surface area contributed by atoms with Gasteiger partial charge in [-0.05, 0) is 32.1 Å². The van der Waals surface area contributed by atoms with E-state index in [1.165, 1.54) is 12.8 Å². The first-order valence-electron chi connectivity index (χ1n) is 9.71. The molecule has 0 spiro atoms. The van der Waals surface area contributed by atoms with Crippen LogP contribution in [0.15, 0.2) is 4.99 Å². The predicted molar refractivity (Wildman–Crippen MR) is 113 cm³/mol. The molecule has 0 aromatic heterocycles. The Balaban J connectivity index is 0.00000243. The number of amides is 2. The van der Waals surface area contributed by atoms with Gasteiger partial charge in [-0.2, -0.15) is 0 Å². The normalized spacial score (nSPS) is 23.5. The monoisotopic (exact) mass is 477 g/mol. The van der Waals surface area contributed by atoms with Crippen LogP contribution in [0.1, 0.15) is 44.9 Å². The van der Waals surface area contributed by atoms with Crippen LogP contribution in [0.3, 0.4) is 0 Å². The fourth-order valence-electron chi connectivity index (χ4n) is 3.75. The summed E-state index contributed by atoms with van der Waals surface area (Å²) in [6, 6.07) is 0.248. The van der Waals surface area contributed by atoms with Crippen LogP contribution in [0.5, 0.6) is 0 Å². The molecule has 1 unspecified atom stereocenters. The Bertz CT molecular complexity index is 518. The van der Waals surface area contributed by atoms with Crippen molar-refractivity contribution in [2.45, 2.75) is 51.0 Å². The third kappa shape index (κ3) is 5.99. The second-order valence-electron chi connectivity index (χ2n) is 7.46.